The van der Waals surface area contributed by atoms with Gasteiger partial charge in [0.1, 0.15) is 0 Å². The Morgan fingerprint density at radius 2 is 2.36 bits per heavy atom. The molecule has 0 spiro atoms. The summed E-state index contributed by atoms with van der Waals surface area (Å²) in [5, 5.41) is 3.17. The average molecular weight is 157 g/mol. The predicted molar refractivity (Wildman–Crippen MR) is 41.6 cm³/mol. The van der Waals surface area contributed by atoms with Crippen LogP contribution < -0.4 is 5.32 Å². The molecular weight excluding hydrogens is 142 g/mol. The molecule has 1 N–H and O–H groups in total. The van der Waals surface area contributed by atoms with Crippen molar-refractivity contribution in [1.29, 1.82) is 0 Å². The van der Waals surface area contributed by atoms with E-state index in [1.54, 1.807) is 0 Å². The zero-order valence-corrected chi connectivity index (χ0v) is 6.71. The van der Waals surface area contributed by atoms with Crippen molar-refractivity contribution in [2.45, 2.75) is 25.0 Å². The van der Waals surface area contributed by atoms with Crippen molar-refractivity contribution in [2.75, 3.05) is 26.3 Å². The van der Waals surface area contributed by atoms with Gasteiger partial charge in [-0.2, -0.15) is 0 Å². The highest BCUT2D eigenvalue weighted by Gasteiger charge is 2.21. The summed E-state index contributed by atoms with van der Waals surface area (Å²) < 4.78 is 11.0. The summed E-state index contributed by atoms with van der Waals surface area (Å²) >= 11 is 0. The van der Waals surface area contributed by atoms with E-state index in [2.05, 4.69) is 5.32 Å². The summed E-state index contributed by atoms with van der Waals surface area (Å²) in [5.41, 5.74) is 0. The summed E-state index contributed by atoms with van der Waals surface area (Å²) in [6, 6.07) is 0. The van der Waals surface area contributed by atoms with Gasteiger partial charge in [0.25, 0.3) is 0 Å². The maximum Gasteiger partial charge on any atom is 0.0824 e. The van der Waals surface area contributed by atoms with E-state index in [1.807, 2.05) is 0 Å². The first-order chi connectivity index (χ1) is 5.45. The highest BCUT2D eigenvalue weighted by molar-refractivity contribution is 4.76. The van der Waals surface area contributed by atoms with Crippen LogP contribution in [0.15, 0.2) is 0 Å². The Hall–Kier alpha value is -0.120. The molecule has 0 aromatic rings. The lowest BCUT2D eigenvalue weighted by molar-refractivity contribution is -0.0380. The minimum atomic E-state index is 0.385. The Balaban J connectivity index is 1.57. The van der Waals surface area contributed by atoms with Crippen LogP contribution in [-0.2, 0) is 9.47 Å². The molecule has 0 aromatic heterocycles. The van der Waals surface area contributed by atoms with E-state index >= 15 is 0 Å². The molecule has 0 aromatic carbocycles. The molecule has 3 heteroatoms. The van der Waals surface area contributed by atoms with Crippen molar-refractivity contribution < 1.29 is 9.47 Å². The average Bonchev–Trinajstić information content (AvgIpc) is 2.36. The van der Waals surface area contributed by atoms with E-state index in [0.717, 1.165) is 26.3 Å². The standard InChI is InChI=1S/C8H15NO2/c1-2-7(10-3-1)6-11-8-4-9-5-8/h7-9H,1-6H2/t7-/m1/s1. The van der Waals surface area contributed by atoms with Crippen LogP contribution in [-0.4, -0.2) is 38.5 Å². The molecule has 2 aliphatic heterocycles. The quantitative estimate of drug-likeness (QED) is 0.632. The number of hydrogen-bond acceptors (Lipinski definition) is 3. The third-order valence-corrected chi connectivity index (χ3v) is 2.29. The van der Waals surface area contributed by atoms with Crippen LogP contribution in [0.2, 0.25) is 0 Å². The molecule has 2 fully saturated rings. The van der Waals surface area contributed by atoms with Gasteiger partial charge in [-0.15, -0.1) is 0 Å². The zero-order valence-electron chi connectivity index (χ0n) is 6.71. The number of nitrogens with one attached hydrogen (secondary N) is 1. The first-order valence-electron chi connectivity index (χ1n) is 4.39. The van der Waals surface area contributed by atoms with Crippen molar-refractivity contribution in [3.63, 3.8) is 0 Å². The van der Waals surface area contributed by atoms with E-state index in [1.165, 1.54) is 12.8 Å². The summed E-state index contributed by atoms with van der Waals surface area (Å²) in [7, 11) is 0. The highest BCUT2D eigenvalue weighted by Crippen LogP contribution is 2.13. The summed E-state index contributed by atoms with van der Waals surface area (Å²) in [5.74, 6) is 0. The smallest absolute Gasteiger partial charge is 0.0824 e. The van der Waals surface area contributed by atoms with Gasteiger partial charge in [0.2, 0.25) is 0 Å². The van der Waals surface area contributed by atoms with E-state index in [9.17, 15) is 0 Å². The second-order valence-corrected chi connectivity index (χ2v) is 3.25. The molecule has 0 unspecified atom stereocenters. The topological polar surface area (TPSA) is 30.5 Å². The van der Waals surface area contributed by atoms with Crippen LogP contribution in [0, 0.1) is 0 Å². The van der Waals surface area contributed by atoms with Gasteiger partial charge in [0.05, 0.1) is 18.8 Å². The van der Waals surface area contributed by atoms with Gasteiger partial charge in [-0.1, -0.05) is 0 Å². The van der Waals surface area contributed by atoms with Crippen molar-refractivity contribution in [3.8, 4) is 0 Å². The van der Waals surface area contributed by atoms with Gasteiger partial charge in [0.15, 0.2) is 0 Å². The monoisotopic (exact) mass is 157 g/mol. The molecule has 0 aliphatic carbocycles. The molecule has 11 heavy (non-hydrogen) atoms. The van der Waals surface area contributed by atoms with Gasteiger partial charge >= 0.3 is 0 Å². The lowest BCUT2D eigenvalue weighted by Crippen LogP contribution is -2.49. The molecule has 2 aliphatic rings. The molecule has 2 saturated heterocycles. The summed E-state index contributed by atoms with van der Waals surface area (Å²) in [4.78, 5) is 0. The van der Waals surface area contributed by atoms with Crippen LogP contribution in [0.3, 0.4) is 0 Å². The lowest BCUT2D eigenvalue weighted by atomic mass is 10.2. The molecule has 0 radical (unpaired) electrons. The third-order valence-electron chi connectivity index (χ3n) is 2.29. The Morgan fingerprint density at radius 3 is 2.91 bits per heavy atom. The normalized spacial score (nSPS) is 32.2. The Kier molecular flexibility index (Phi) is 2.41. The van der Waals surface area contributed by atoms with Gasteiger partial charge in [-0.3, -0.25) is 0 Å². The fourth-order valence-corrected chi connectivity index (χ4v) is 1.40. The van der Waals surface area contributed by atoms with Gasteiger partial charge < -0.3 is 14.8 Å². The van der Waals surface area contributed by atoms with Crippen LogP contribution in [0.25, 0.3) is 0 Å². The van der Waals surface area contributed by atoms with Gasteiger partial charge in [0, 0.05) is 19.7 Å². The van der Waals surface area contributed by atoms with Crippen LogP contribution in [0.5, 0.6) is 0 Å². The minimum absolute atomic E-state index is 0.385. The molecule has 1 atom stereocenters. The maximum absolute atomic E-state index is 5.57. The Bertz CT molecular complexity index is 119. The van der Waals surface area contributed by atoms with Gasteiger partial charge in [-0.25, -0.2) is 0 Å². The molecule has 2 heterocycles. The highest BCUT2D eigenvalue weighted by atomic mass is 16.5. The van der Waals surface area contributed by atoms with Crippen LogP contribution >= 0.6 is 0 Å². The van der Waals surface area contributed by atoms with E-state index in [4.69, 9.17) is 9.47 Å². The van der Waals surface area contributed by atoms with Gasteiger partial charge in [-0.05, 0) is 12.8 Å². The fraction of sp³-hybridized carbons (Fsp3) is 1.00. The SMILES string of the molecule is C1CO[C@@H](COC2CNC2)C1. The summed E-state index contributed by atoms with van der Waals surface area (Å²) in [6.07, 6.45) is 3.23. The summed E-state index contributed by atoms with van der Waals surface area (Å²) in [6.45, 7) is 3.77. The maximum atomic E-state index is 5.57. The molecule has 0 amide bonds. The predicted octanol–water partition coefficient (Wildman–Crippen LogP) is 0.154. The second-order valence-electron chi connectivity index (χ2n) is 3.25. The van der Waals surface area contributed by atoms with Crippen LogP contribution in [0.1, 0.15) is 12.8 Å². The number of ether oxygens (including phenoxy) is 2. The number of hydrogen-bond donors (Lipinski definition) is 1. The van der Waals surface area contributed by atoms with E-state index in [0.29, 0.717) is 12.2 Å². The lowest BCUT2D eigenvalue weighted by Gasteiger charge is -2.28. The van der Waals surface area contributed by atoms with Crippen molar-refractivity contribution in [1.82, 2.24) is 5.32 Å². The molecular formula is C8H15NO2. The first-order valence-corrected chi connectivity index (χ1v) is 4.39. The first kappa shape index (κ1) is 7.53. The van der Waals surface area contributed by atoms with Crippen LogP contribution in [0.4, 0.5) is 0 Å². The van der Waals surface area contributed by atoms with E-state index in [-0.39, 0.29) is 0 Å². The second kappa shape index (κ2) is 3.52. The molecule has 3 nitrogen and oxygen atoms in total. The van der Waals surface area contributed by atoms with E-state index < -0.39 is 0 Å². The largest absolute Gasteiger partial charge is 0.376 e. The molecule has 2 rings (SSSR count). The molecule has 0 bridgehead atoms. The third kappa shape index (κ3) is 1.92. The molecule has 64 valence electrons. The minimum Gasteiger partial charge on any atom is -0.376 e. The fourth-order valence-electron chi connectivity index (χ4n) is 1.40. The van der Waals surface area contributed by atoms with Crippen molar-refractivity contribution in [2.24, 2.45) is 0 Å². The van der Waals surface area contributed by atoms with Crippen molar-refractivity contribution >= 4 is 0 Å². The number of rotatable bonds is 3. The Labute approximate surface area is 67.1 Å². The Morgan fingerprint density at radius 1 is 1.45 bits per heavy atom. The molecule has 0 saturated carbocycles. The zero-order chi connectivity index (χ0) is 7.52. The van der Waals surface area contributed by atoms with Crippen molar-refractivity contribution in [3.05, 3.63) is 0 Å².